The minimum atomic E-state index is -0.650. The summed E-state index contributed by atoms with van der Waals surface area (Å²) >= 11 is 0. The van der Waals surface area contributed by atoms with Gasteiger partial charge in [-0.1, -0.05) is 0 Å². The monoisotopic (exact) mass is 1510 g/mol. The molecule has 0 aliphatic heterocycles. The van der Waals surface area contributed by atoms with Gasteiger partial charge in [0, 0.05) is 171 Å². The standard InChI is InChI=1S/C72H88N26O12/c1-88(22-13-17-73)23-14-19-74-59(99)16-20-77-64(102)51-26-43(34-91(51)4)79-66(104)53-28-45(36-93(53)6)81-68(106)55-30-47(38-95(55)8)83-70(108)57-32-49(40-97(57)10)85-72(110)62-87-58(41-98(62)11)86-60(100)15-12-18-76-63(101)50-25-42(33-90(50)3)78-65(103)52-27-44(35-92(52)5)80-67(105)54-29-46(37-94(54)7)82-69(107)56-31-48(39-96(56)9)84-71(109)61-75-21-24-89(61)2/h21,24-41H,12-20,22-23,73H2,1-11H3,(H,74,99)(H,76,101)(H,77,102)(H,78,103)(H,79,104)(H,80,105)(H,81,106)(H,82,107)(H,83,108)(H,84,109)(H,85,110)(H,86,100). The average Bonchev–Trinajstić information content (AvgIpc) is 1.68. The SMILES string of the molecule is CN(CCCN)CCCNC(=O)CCNC(=O)c1cc(NC(=O)c2cc(NC(=O)c3cc(NC(=O)c4cc(NC(=O)c5nc(NC(=O)CCCNC(=O)c6cc(NC(=O)c7cc(NC(=O)c8cc(NC(=O)c9cc(NC(=O)c%10nccn%10C)cn9C)cn8C)cn7C)cn6C)cn5C)cn4C)cn3C)cn2C)cn1C. The second-order valence-electron chi connectivity index (χ2n) is 26.4. The van der Waals surface area contributed by atoms with Crippen LogP contribution in [0.2, 0.25) is 0 Å². The molecule has 12 amide bonds. The minimum Gasteiger partial charge on any atom is -0.356 e. The third-order valence-corrected chi connectivity index (χ3v) is 17.6. The highest BCUT2D eigenvalue weighted by atomic mass is 16.2. The van der Waals surface area contributed by atoms with E-state index >= 15 is 0 Å². The van der Waals surface area contributed by atoms with Crippen LogP contribution in [0.25, 0.3) is 0 Å². The summed E-state index contributed by atoms with van der Waals surface area (Å²) in [6.07, 6.45) is 19.0. The van der Waals surface area contributed by atoms with Gasteiger partial charge in [-0.25, -0.2) is 9.97 Å². The molecule has 10 aromatic heterocycles. The maximum absolute atomic E-state index is 13.6. The molecule has 0 unspecified atom stereocenters. The van der Waals surface area contributed by atoms with Crippen LogP contribution in [0.3, 0.4) is 0 Å². The van der Waals surface area contributed by atoms with Gasteiger partial charge in [-0.05, 0) is 94.5 Å². The Balaban J connectivity index is 0.625. The van der Waals surface area contributed by atoms with Gasteiger partial charge >= 0.3 is 0 Å². The van der Waals surface area contributed by atoms with Crippen LogP contribution in [0, 0.1) is 0 Å². The molecule has 0 aromatic carbocycles. The molecule has 38 heteroatoms. The number of hydrogen-bond acceptors (Lipinski definition) is 16. The Hall–Kier alpha value is -13.8. The highest BCUT2D eigenvalue weighted by molar-refractivity contribution is 6.12. The van der Waals surface area contributed by atoms with E-state index in [1.165, 1.54) is 105 Å². The normalized spacial score (nSPS) is 11.1. The molecular formula is C72H88N26O12. The average molecular weight is 1510 g/mol. The van der Waals surface area contributed by atoms with Crippen molar-refractivity contribution in [1.29, 1.82) is 0 Å². The van der Waals surface area contributed by atoms with Gasteiger partial charge in [0.05, 0.1) is 45.5 Å². The van der Waals surface area contributed by atoms with Gasteiger partial charge in [0.25, 0.3) is 59.1 Å². The van der Waals surface area contributed by atoms with Crippen LogP contribution < -0.4 is 69.5 Å². The smallest absolute Gasteiger partial charge is 0.291 e. The molecule has 0 spiro atoms. The van der Waals surface area contributed by atoms with Crippen molar-refractivity contribution in [2.24, 2.45) is 76.2 Å². The van der Waals surface area contributed by atoms with E-state index in [4.69, 9.17) is 5.73 Å². The first-order valence-electron chi connectivity index (χ1n) is 34.7. The molecule has 0 atom stereocenters. The Morgan fingerprint density at radius 3 is 0.973 bits per heavy atom. The lowest BCUT2D eigenvalue weighted by molar-refractivity contribution is -0.121. The van der Waals surface area contributed by atoms with E-state index in [0.29, 0.717) is 47.2 Å². The Kier molecular flexibility index (Phi) is 24.8. The fourth-order valence-electron chi connectivity index (χ4n) is 12.0. The highest BCUT2D eigenvalue weighted by Crippen LogP contribution is 2.25. The summed E-state index contributed by atoms with van der Waals surface area (Å²) in [7, 11) is 18.3. The van der Waals surface area contributed by atoms with E-state index < -0.39 is 65.0 Å². The molecule has 0 fully saturated rings. The molecule has 10 heterocycles. The first-order chi connectivity index (χ1) is 52.4. The minimum absolute atomic E-state index is 0.0283. The lowest BCUT2D eigenvalue weighted by Gasteiger charge is -2.15. The molecule has 578 valence electrons. The fourth-order valence-corrected chi connectivity index (χ4v) is 12.0. The molecule has 110 heavy (non-hydrogen) atoms. The predicted molar refractivity (Wildman–Crippen MR) is 409 cm³/mol. The summed E-state index contributed by atoms with van der Waals surface area (Å²) in [5, 5.41) is 33.2. The zero-order valence-corrected chi connectivity index (χ0v) is 62.5. The van der Waals surface area contributed by atoms with Gasteiger partial charge in [-0.2, -0.15) is 0 Å². The number of aromatic nitrogens is 12. The number of nitrogens with one attached hydrogen (secondary N) is 12. The van der Waals surface area contributed by atoms with E-state index in [1.54, 1.807) is 128 Å². The van der Waals surface area contributed by atoms with E-state index in [9.17, 15) is 57.5 Å². The Morgan fingerprint density at radius 2 is 0.636 bits per heavy atom. The molecule has 0 aliphatic rings. The molecule has 0 radical (unpaired) electrons. The summed E-state index contributed by atoms with van der Waals surface area (Å²) < 4.78 is 15.2. The lowest BCUT2D eigenvalue weighted by atomic mass is 10.3. The van der Waals surface area contributed by atoms with Crippen LogP contribution in [0.5, 0.6) is 0 Å². The van der Waals surface area contributed by atoms with Gasteiger partial charge in [0.15, 0.2) is 11.6 Å². The van der Waals surface area contributed by atoms with Crippen molar-refractivity contribution in [3.63, 3.8) is 0 Å². The van der Waals surface area contributed by atoms with Crippen LogP contribution in [0.1, 0.15) is 137 Å². The van der Waals surface area contributed by atoms with E-state index in [-0.39, 0.29) is 113 Å². The van der Waals surface area contributed by atoms with Crippen molar-refractivity contribution >= 4 is 122 Å². The first-order valence-corrected chi connectivity index (χ1v) is 34.7. The molecule has 0 bridgehead atoms. The van der Waals surface area contributed by atoms with Gasteiger partial charge in [0.2, 0.25) is 17.6 Å². The van der Waals surface area contributed by atoms with Crippen LogP contribution in [-0.2, 0) is 80.1 Å². The Bertz CT molecular complexity index is 5190. The van der Waals surface area contributed by atoms with E-state index in [1.807, 2.05) is 7.05 Å². The topological polar surface area (TPSA) is 454 Å². The van der Waals surface area contributed by atoms with Gasteiger partial charge in [-0.15, -0.1) is 0 Å². The third kappa shape index (κ3) is 19.6. The van der Waals surface area contributed by atoms with Crippen LogP contribution >= 0.6 is 0 Å². The Morgan fingerprint density at radius 1 is 0.327 bits per heavy atom. The summed E-state index contributed by atoms with van der Waals surface area (Å²) in [6, 6.07) is 11.9. The van der Waals surface area contributed by atoms with E-state index in [0.717, 1.165) is 25.9 Å². The quantitative estimate of drug-likeness (QED) is 0.0259. The number of nitrogens with two attached hydrogens (primary N) is 1. The number of anilines is 9. The highest BCUT2D eigenvalue weighted by Gasteiger charge is 2.26. The maximum Gasteiger partial charge on any atom is 0.291 e. The number of carbonyl (C=O) groups is 12. The molecule has 10 aromatic rings. The number of imidazole rings is 2. The van der Waals surface area contributed by atoms with Crippen molar-refractivity contribution < 1.29 is 57.5 Å². The molecule has 38 nitrogen and oxygen atoms in total. The van der Waals surface area contributed by atoms with Crippen molar-refractivity contribution in [3.05, 3.63) is 174 Å². The number of aryl methyl sites for hydroxylation is 10. The number of carbonyl (C=O) groups excluding carboxylic acids is 12. The van der Waals surface area contributed by atoms with Crippen molar-refractivity contribution in [3.8, 4) is 0 Å². The first kappa shape index (κ1) is 78.8. The number of nitrogens with zero attached hydrogens (tertiary/aromatic N) is 13. The molecule has 14 N–H and O–H groups in total. The third-order valence-electron chi connectivity index (χ3n) is 17.6. The Labute approximate surface area is 630 Å². The maximum atomic E-state index is 13.6. The molecule has 10 rings (SSSR count). The fraction of sp³-hybridized carbons (Fsp3) is 0.306. The van der Waals surface area contributed by atoms with Gasteiger partial charge < -0.3 is 120 Å². The molecule has 0 aliphatic carbocycles. The second kappa shape index (κ2) is 34.6. The molecule has 0 saturated heterocycles. The van der Waals surface area contributed by atoms with Crippen molar-refractivity contribution in [2.45, 2.75) is 32.1 Å². The summed E-state index contributed by atoms with van der Waals surface area (Å²) in [6.45, 7) is 3.07. The zero-order chi connectivity index (χ0) is 79.4. The predicted octanol–water partition coefficient (Wildman–Crippen LogP) is 3.94. The van der Waals surface area contributed by atoms with Crippen LogP contribution in [-0.4, -0.2) is 178 Å². The molecule has 0 saturated carbocycles. The largest absolute Gasteiger partial charge is 0.356 e. The van der Waals surface area contributed by atoms with E-state index in [2.05, 4.69) is 78.7 Å². The van der Waals surface area contributed by atoms with Crippen molar-refractivity contribution in [2.75, 3.05) is 94.2 Å². The van der Waals surface area contributed by atoms with Gasteiger partial charge in [-0.3, -0.25) is 57.5 Å². The van der Waals surface area contributed by atoms with Crippen molar-refractivity contribution in [1.82, 2.24) is 76.5 Å². The summed E-state index contributed by atoms with van der Waals surface area (Å²) in [5.41, 5.74) is 9.63. The van der Waals surface area contributed by atoms with Crippen LogP contribution in [0.4, 0.5) is 51.3 Å². The summed E-state index contributed by atoms with van der Waals surface area (Å²) in [4.78, 5) is 170. The lowest BCUT2D eigenvalue weighted by Crippen LogP contribution is -2.33. The molecular weight excluding hydrogens is 1420 g/mol. The second-order valence-corrected chi connectivity index (χ2v) is 26.4. The zero-order valence-electron chi connectivity index (χ0n) is 62.5. The summed E-state index contributed by atoms with van der Waals surface area (Å²) in [5.74, 6) is -5.60. The number of rotatable bonds is 33. The van der Waals surface area contributed by atoms with Crippen LogP contribution in [0.15, 0.2) is 117 Å². The number of hydrogen-bond donors (Lipinski definition) is 13. The number of amides is 12. The van der Waals surface area contributed by atoms with Gasteiger partial charge in [0.1, 0.15) is 45.6 Å².